The molecule has 0 aromatic rings. The van der Waals surface area contributed by atoms with Crippen LogP contribution in [0.1, 0.15) is 58.3 Å². The van der Waals surface area contributed by atoms with Crippen LogP contribution in [-0.2, 0) is 0 Å². The van der Waals surface area contributed by atoms with E-state index in [9.17, 15) is 5.11 Å². The molecule has 0 aromatic heterocycles. The molecule has 0 aromatic carbocycles. The first-order chi connectivity index (χ1) is 9.78. The van der Waals surface area contributed by atoms with Crippen LogP contribution < -0.4 is 0 Å². The van der Waals surface area contributed by atoms with E-state index in [0.29, 0.717) is 6.04 Å². The molecule has 0 bridgehead atoms. The molecular formula is C17H32N2O. The van der Waals surface area contributed by atoms with Crippen LogP contribution in [0.25, 0.3) is 0 Å². The molecule has 3 rings (SSSR count). The largest absolute Gasteiger partial charge is 0.391 e. The highest BCUT2D eigenvalue weighted by Gasteiger charge is 2.38. The van der Waals surface area contributed by atoms with E-state index in [2.05, 4.69) is 16.7 Å². The molecule has 3 aliphatic rings. The molecule has 3 nitrogen and oxygen atoms in total. The van der Waals surface area contributed by atoms with E-state index in [4.69, 9.17) is 0 Å². The van der Waals surface area contributed by atoms with E-state index in [-0.39, 0.29) is 6.10 Å². The van der Waals surface area contributed by atoms with E-state index in [1.807, 2.05) is 0 Å². The first kappa shape index (κ1) is 14.8. The third kappa shape index (κ3) is 3.20. The highest BCUT2D eigenvalue weighted by atomic mass is 16.3. The van der Waals surface area contributed by atoms with Crippen LogP contribution in [0.3, 0.4) is 0 Å². The van der Waals surface area contributed by atoms with Gasteiger partial charge >= 0.3 is 0 Å². The molecule has 20 heavy (non-hydrogen) atoms. The molecule has 0 spiro atoms. The number of hydrogen-bond acceptors (Lipinski definition) is 3. The molecular weight excluding hydrogens is 248 g/mol. The summed E-state index contributed by atoms with van der Waals surface area (Å²) >= 11 is 0. The van der Waals surface area contributed by atoms with E-state index in [1.165, 1.54) is 71.1 Å². The average molecular weight is 280 g/mol. The van der Waals surface area contributed by atoms with Gasteiger partial charge in [0.2, 0.25) is 0 Å². The van der Waals surface area contributed by atoms with Crippen molar-refractivity contribution in [3.8, 4) is 0 Å². The van der Waals surface area contributed by atoms with Gasteiger partial charge in [-0.1, -0.05) is 19.8 Å². The highest BCUT2D eigenvalue weighted by Crippen LogP contribution is 2.33. The summed E-state index contributed by atoms with van der Waals surface area (Å²) in [6, 6.07) is 1.23. The number of likely N-dealkylation sites (tertiary alicyclic amines) is 2. The van der Waals surface area contributed by atoms with Gasteiger partial charge in [-0.3, -0.25) is 9.80 Å². The molecule has 116 valence electrons. The van der Waals surface area contributed by atoms with Gasteiger partial charge in [-0.2, -0.15) is 0 Å². The van der Waals surface area contributed by atoms with E-state index in [1.54, 1.807) is 0 Å². The maximum Gasteiger partial charge on any atom is 0.0695 e. The second kappa shape index (κ2) is 6.76. The standard InChI is InChI=1S/C17H32N2O/c1-2-5-14-6-7-17(20)16(12-14)19-11-8-15(13-19)18-9-3-4-10-18/h14-17,20H,2-13H2,1H3. The van der Waals surface area contributed by atoms with Crippen molar-refractivity contribution in [2.45, 2.75) is 76.5 Å². The summed E-state index contributed by atoms with van der Waals surface area (Å²) in [6.07, 6.45) is 10.2. The zero-order valence-electron chi connectivity index (χ0n) is 13.1. The fraction of sp³-hybridized carbons (Fsp3) is 1.00. The summed E-state index contributed by atoms with van der Waals surface area (Å²) in [5.41, 5.74) is 0. The zero-order chi connectivity index (χ0) is 13.9. The molecule has 2 saturated heterocycles. The van der Waals surface area contributed by atoms with Gasteiger partial charge < -0.3 is 5.11 Å². The van der Waals surface area contributed by atoms with Crippen LogP contribution in [0, 0.1) is 5.92 Å². The maximum atomic E-state index is 10.4. The van der Waals surface area contributed by atoms with Crippen molar-refractivity contribution in [2.75, 3.05) is 26.2 Å². The predicted octanol–water partition coefficient (Wildman–Crippen LogP) is 2.49. The summed E-state index contributed by atoms with van der Waals surface area (Å²) in [6.45, 7) is 7.33. The molecule has 3 heteroatoms. The normalized spacial score (nSPS) is 40.5. The lowest BCUT2D eigenvalue weighted by Gasteiger charge is -2.39. The summed E-state index contributed by atoms with van der Waals surface area (Å²) in [5, 5.41) is 10.4. The maximum absolute atomic E-state index is 10.4. The third-order valence-corrected chi connectivity index (χ3v) is 5.91. The minimum atomic E-state index is -0.0690. The van der Waals surface area contributed by atoms with Crippen LogP contribution in [-0.4, -0.2) is 59.3 Å². The van der Waals surface area contributed by atoms with Crippen molar-refractivity contribution in [1.29, 1.82) is 0 Å². The van der Waals surface area contributed by atoms with E-state index >= 15 is 0 Å². The second-order valence-electron chi connectivity index (χ2n) is 7.28. The van der Waals surface area contributed by atoms with Crippen LogP contribution in [0.5, 0.6) is 0 Å². The van der Waals surface area contributed by atoms with E-state index < -0.39 is 0 Å². The van der Waals surface area contributed by atoms with Crippen molar-refractivity contribution in [3.63, 3.8) is 0 Å². The summed E-state index contributed by atoms with van der Waals surface area (Å²) in [5.74, 6) is 0.860. The smallest absolute Gasteiger partial charge is 0.0695 e. The van der Waals surface area contributed by atoms with Crippen molar-refractivity contribution in [1.82, 2.24) is 9.80 Å². The molecule has 3 fully saturated rings. The first-order valence-corrected chi connectivity index (χ1v) is 8.94. The van der Waals surface area contributed by atoms with Gasteiger partial charge in [0.1, 0.15) is 0 Å². The number of aliphatic hydroxyl groups is 1. The lowest BCUT2D eigenvalue weighted by molar-refractivity contribution is 0.00902. The molecule has 1 aliphatic carbocycles. The minimum absolute atomic E-state index is 0.0690. The summed E-state index contributed by atoms with van der Waals surface area (Å²) in [4.78, 5) is 5.31. The molecule has 0 amide bonds. The van der Waals surface area contributed by atoms with Gasteiger partial charge in [-0.25, -0.2) is 0 Å². The Morgan fingerprint density at radius 2 is 1.80 bits per heavy atom. The van der Waals surface area contributed by atoms with Gasteiger partial charge in [0.05, 0.1) is 6.10 Å². The van der Waals surface area contributed by atoms with Gasteiger partial charge in [0, 0.05) is 25.2 Å². The average Bonchev–Trinajstić information content (AvgIpc) is 3.11. The number of nitrogens with zero attached hydrogens (tertiary/aromatic N) is 2. The minimum Gasteiger partial charge on any atom is -0.391 e. The monoisotopic (exact) mass is 280 g/mol. The topological polar surface area (TPSA) is 26.7 Å². The quantitative estimate of drug-likeness (QED) is 0.857. The molecule has 1 N–H and O–H groups in total. The van der Waals surface area contributed by atoms with E-state index in [0.717, 1.165) is 18.4 Å². The number of hydrogen-bond donors (Lipinski definition) is 1. The van der Waals surface area contributed by atoms with Crippen molar-refractivity contribution >= 4 is 0 Å². The molecule has 1 saturated carbocycles. The highest BCUT2D eigenvalue weighted by molar-refractivity contribution is 4.93. The Morgan fingerprint density at radius 1 is 1.00 bits per heavy atom. The number of rotatable bonds is 4. The fourth-order valence-electron chi connectivity index (χ4n) is 4.75. The first-order valence-electron chi connectivity index (χ1n) is 8.94. The molecule has 0 radical (unpaired) electrons. The lowest BCUT2D eigenvalue weighted by atomic mass is 9.81. The van der Waals surface area contributed by atoms with Gasteiger partial charge in [-0.05, 0) is 57.5 Å². The van der Waals surface area contributed by atoms with Gasteiger partial charge in [-0.15, -0.1) is 0 Å². The lowest BCUT2D eigenvalue weighted by Crippen LogP contribution is -2.47. The Labute approximate surface area is 124 Å². The predicted molar refractivity (Wildman–Crippen MR) is 82.8 cm³/mol. The van der Waals surface area contributed by atoms with Crippen molar-refractivity contribution < 1.29 is 5.11 Å². The van der Waals surface area contributed by atoms with Crippen LogP contribution in [0.15, 0.2) is 0 Å². The summed E-state index contributed by atoms with van der Waals surface area (Å²) < 4.78 is 0. The Morgan fingerprint density at radius 3 is 2.55 bits per heavy atom. The molecule has 4 unspecified atom stereocenters. The molecule has 2 aliphatic heterocycles. The number of aliphatic hydroxyl groups excluding tert-OH is 1. The van der Waals surface area contributed by atoms with Crippen molar-refractivity contribution in [3.05, 3.63) is 0 Å². The Balaban J connectivity index is 1.55. The SMILES string of the molecule is CCCC1CCC(O)C(N2CCC(N3CCCC3)C2)C1. The van der Waals surface area contributed by atoms with Crippen LogP contribution in [0.2, 0.25) is 0 Å². The third-order valence-electron chi connectivity index (χ3n) is 5.91. The zero-order valence-corrected chi connectivity index (χ0v) is 13.1. The van der Waals surface area contributed by atoms with Gasteiger partial charge in [0.15, 0.2) is 0 Å². The van der Waals surface area contributed by atoms with Gasteiger partial charge in [0.25, 0.3) is 0 Å². The Hall–Kier alpha value is -0.120. The Bertz CT molecular complexity index is 303. The van der Waals surface area contributed by atoms with Crippen molar-refractivity contribution in [2.24, 2.45) is 5.92 Å². The Kier molecular flexibility index (Phi) is 5.00. The summed E-state index contributed by atoms with van der Waals surface area (Å²) in [7, 11) is 0. The van der Waals surface area contributed by atoms with Crippen LogP contribution in [0.4, 0.5) is 0 Å². The molecule has 2 heterocycles. The fourth-order valence-corrected chi connectivity index (χ4v) is 4.75. The second-order valence-corrected chi connectivity index (χ2v) is 7.28. The van der Waals surface area contributed by atoms with Crippen LogP contribution >= 0.6 is 0 Å². The molecule has 4 atom stereocenters.